The molecule has 10 heavy (non-hydrogen) atoms. The second-order valence-electron chi connectivity index (χ2n) is 1.67. The quantitative estimate of drug-likeness (QED) is 0.296. The first kappa shape index (κ1) is 7.22. The number of carbonyl (C=O) groups excluding carboxylic acids is 1. The largest absolute Gasteiger partial charge is 0.319 e. The van der Waals surface area contributed by atoms with Gasteiger partial charge in [-0.15, -0.1) is 0 Å². The number of urea groups is 1. The molecule has 0 aromatic rings. The van der Waals surface area contributed by atoms with E-state index in [-0.39, 0.29) is 0 Å². The predicted molar refractivity (Wildman–Crippen MR) is 26.7 cm³/mol. The fourth-order valence-corrected chi connectivity index (χ4v) is 0.615. The highest BCUT2D eigenvalue weighted by molar-refractivity contribution is 5.76. The number of carbonyl (C=O) groups is 1. The molecule has 0 saturated carbocycles. The van der Waals surface area contributed by atoms with Crippen LogP contribution in [0.15, 0.2) is 0 Å². The number of amides is 2. The summed E-state index contributed by atoms with van der Waals surface area (Å²) >= 11 is 0. The van der Waals surface area contributed by atoms with E-state index in [2.05, 4.69) is 20.4 Å². The van der Waals surface area contributed by atoms with Crippen molar-refractivity contribution in [2.75, 3.05) is 0 Å². The van der Waals surface area contributed by atoms with Crippen molar-refractivity contribution in [2.24, 2.45) is 0 Å². The molecule has 1 rings (SSSR count). The van der Waals surface area contributed by atoms with Gasteiger partial charge >= 0.3 is 6.03 Å². The number of hydrogen-bond donors (Lipinski definition) is 4. The third-order valence-corrected chi connectivity index (χ3v) is 1.05. The van der Waals surface area contributed by atoms with Crippen LogP contribution < -0.4 is 10.6 Å². The molecule has 2 atom stereocenters. The lowest BCUT2D eigenvalue weighted by atomic mass is 10.5. The molecule has 1 saturated heterocycles. The van der Waals surface area contributed by atoms with E-state index in [0.29, 0.717) is 0 Å². The van der Waals surface area contributed by atoms with Gasteiger partial charge in [0.05, 0.1) is 0 Å². The molecule has 1 heterocycles. The monoisotopic (exact) mass is 150 g/mol. The summed E-state index contributed by atoms with van der Waals surface area (Å²) in [4.78, 5) is 17.8. The smallest absolute Gasteiger partial charge is 0.306 e. The molecule has 0 bridgehead atoms. The molecule has 2 amide bonds. The van der Waals surface area contributed by atoms with Crippen LogP contribution in [0.4, 0.5) is 4.79 Å². The van der Waals surface area contributed by atoms with Crippen LogP contribution >= 0.6 is 0 Å². The Morgan fingerprint density at radius 2 is 1.60 bits per heavy atom. The molecule has 58 valence electrons. The van der Waals surface area contributed by atoms with Gasteiger partial charge in [0.1, 0.15) is 0 Å². The van der Waals surface area contributed by atoms with Gasteiger partial charge in [-0.05, 0) is 0 Å². The first-order valence-corrected chi connectivity index (χ1v) is 2.45. The van der Waals surface area contributed by atoms with Crippen molar-refractivity contribution in [2.45, 2.75) is 12.5 Å². The number of nitrogens with one attached hydrogen (secondary N) is 2. The average molecular weight is 150 g/mol. The van der Waals surface area contributed by atoms with Crippen molar-refractivity contribution in [1.29, 1.82) is 0 Å². The topological polar surface area (TPSA) is 100 Å². The summed E-state index contributed by atoms with van der Waals surface area (Å²) in [7, 11) is 0. The van der Waals surface area contributed by atoms with Crippen molar-refractivity contribution in [3.05, 3.63) is 0 Å². The Labute approximate surface area is 55.4 Å². The van der Waals surface area contributed by atoms with Gasteiger partial charge in [0.2, 0.25) is 12.5 Å². The average Bonchev–Trinajstić information content (AvgIpc) is 2.30. The van der Waals surface area contributed by atoms with Gasteiger partial charge in [-0.2, -0.15) is 0 Å². The highest BCUT2D eigenvalue weighted by Crippen LogP contribution is 2.01. The van der Waals surface area contributed by atoms with Crippen LogP contribution in [0, 0.1) is 0 Å². The molecule has 0 spiro atoms. The summed E-state index contributed by atoms with van der Waals surface area (Å²) in [5.74, 6) is 0. The Bertz CT molecular complexity index is 125. The zero-order valence-corrected chi connectivity index (χ0v) is 4.77. The van der Waals surface area contributed by atoms with E-state index in [0.717, 1.165) is 0 Å². The van der Waals surface area contributed by atoms with Crippen molar-refractivity contribution in [3.63, 3.8) is 0 Å². The molecule has 7 heteroatoms. The maximum Gasteiger partial charge on any atom is 0.319 e. The molecule has 0 unspecified atom stereocenters. The van der Waals surface area contributed by atoms with Crippen LogP contribution in [0.2, 0.25) is 0 Å². The lowest BCUT2D eigenvalue weighted by Crippen LogP contribution is -2.36. The maximum absolute atomic E-state index is 10.4. The van der Waals surface area contributed by atoms with E-state index in [1.54, 1.807) is 0 Å². The van der Waals surface area contributed by atoms with Crippen molar-refractivity contribution in [3.8, 4) is 0 Å². The van der Waals surface area contributed by atoms with Crippen LogP contribution in [-0.2, 0) is 9.78 Å². The Kier molecular flexibility index (Phi) is 2.02. The summed E-state index contributed by atoms with van der Waals surface area (Å²) in [5.41, 5.74) is 0. The van der Waals surface area contributed by atoms with E-state index >= 15 is 0 Å². The fourth-order valence-electron chi connectivity index (χ4n) is 0.615. The van der Waals surface area contributed by atoms with E-state index in [1.807, 2.05) is 0 Å². The Morgan fingerprint density at radius 1 is 1.20 bits per heavy atom. The normalized spacial score (nSPS) is 31.6. The SMILES string of the molecule is O=C1N[C@H](OO)[C@@H](OO)N1. The van der Waals surface area contributed by atoms with Gasteiger partial charge in [-0.1, -0.05) is 0 Å². The summed E-state index contributed by atoms with van der Waals surface area (Å²) in [6.45, 7) is 0. The van der Waals surface area contributed by atoms with Crippen molar-refractivity contribution < 1.29 is 25.1 Å². The molecule has 0 aromatic carbocycles. The van der Waals surface area contributed by atoms with Crippen LogP contribution in [0.3, 0.4) is 0 Å². The van der Waals surface area contributed by atoms with Crippen LogP contribution in [0.25, 0.3) is 0 Å². The summed E-state index contributed by atoms with van der Waals surface area (Å²) < 4.78 is 0. The molecule has 1 aliphatic heterocycles. The van der Waals surface area contributed by atoms with Crippen LogP contribution in [-0.4, -0.2) is 29.0 Å². The summed E-state index contributed by atoms with van der Waals surface area (Å²) in [6, 6.07) is -0.585. The molecular weight excluding hydrogens is 144 g/mol. The minimum absolute atomic E-state index is 0.585. The van der Waals surface area contributed by atoms with Gasteiger partial charge in [0.15, 0.2) is 0 Å². The minimum atomic E-state index is -1.07. The zero-order chi connectivity index (χ0) is 7.56. The summed E-state index contributed by atoms with van der Waals surface area (Å²) in [5, 5.41) is 20.3. The maximum atomic E-state index is 10.4. The molecular formula is C3H6N2O5. The third-order valence-electron chi connectivity index (χ3n) is 1.05. The van der Waals surface area contributed by atoms with Crippen molar-refractivity contribution in [1.82, 2.24) is 10.6 Å². The Morgan fingerprint density at radius 3 is 1.90 bits per heavy atom. The minimum Gasteiger partial charge on any atom is -0.306 e. The van der Waals surface area contributed by atoms with E-state index < -0.39 is 18.5 Å². The number of hydrogen-bond acceptors (Lipinski definition) is 5. The zero-order valence-electron chi connectivity index (χ0n) is 4.77. The van der Waals surface area contributed by atoms with Crippen LogP contribution in [0.5, 0.6) is 0 Å². The second kappa shape index (κ2) is 2.80. The summed E-state index contributed by atoms with van der Waals surface area (Å²) in [6.07, 6.45) is -2.14. The highest BCUT2D eigenvalue weighted by atomic mass is 17.1. The van der Waals surface area contributed by atoms with Crippen molar-refractivity contribution >= 4 is 6.03 Å². The molecule has 0 aromatic heterocycles. The lowest BCUT2D eigenvalue weighted by Gasteiger charge is -2.09. The first-order valence-electron chi connectivity index (χ1n) is 2.45. The van der Waals surface area contributed by atoms with E-state index in [4.69, 9.17) is 10.5 Å². The molecule has 7 nitrogen and oxygen atoms in total. The van der Waals surface area contributed by atoms with E-state index in [1.165, 1.54) is 0 Å². The highest BCUT2D eigenvalue weighted by Gasteiger charge is 2.33. The first-order chi connectivity index (χ1) is 4.77. The van der Waals surface area contributed by atoms with Crippen LogP contribution in [0.1, 0.15) is 0 Å². The standard InChI is InChI=1S/C3H6N2O5/c6-3-4-1(9-7)2(5-3)10-8/h1-2,7-8H,(H2,4,5,6)/t1-,2-/m1/s1. The molecule has 1 aliphatic rings. The van der Waals surface area contributed by atoms with Gasteiger partial charge in [-0.25, -0.2) is 25.1 Å². The molecule has 0 radical (unpaired) electrons. The number of rotatable bonds is 2. The lowest BCUT2D eigenvalue weighted by molar-refractivity contribution is -0.354. The third kappa shape index (κ3) is 1.16. The molecule has 0 aliphatic carbocycles. The Balaban J connectivity index is 2.48. The van der Waals surface area contributed by atoms with Gasteiger partial charge < -0.3 is 10.6 Å². The molecule has 1 fully saturated rings. The fraction of sp³-hybridized carbons (Fsp3) is 0.667. The molecule has 4 N–H and O–H groups in total. The predicted octanol–water partition coefficient (Wildman–Crippen LogP) is -1.07. The van der Waals surface area contributed by atoms with Gasteiger partial charge in [0, 0.05) is 0 Å². The van der Waals surface area contributed by atoms with Gasteiger partial charge in [0.25, 0.3) is 0 Å². The second-order valence-corrected chi connectivity index (χ2v) is 1.67. The van der Waals surface area contributed by atoms with E-state index in [9.17, 15) is 4.79 Å². The van der Waals surface area contributed by atoms with Gasteiger partial charge in [-0.3, -0.25) is 0 Å². The Hall–Kier alpha value is -0.890.